The van der Waals surface area contributed by atoms with Crippen molar-refractivity contribution < 1.29 is 14.1 Å². The van der Waals surface area contributed by atoms with E-state index < -0.39 is 0 Å². The second-order valence-electron chi connectivity index (χ2n) is 7.79. The van der Waals surface area contributed by atoms with Gasteiger partial charge in [-0.3, -0.25) is 9.69 Å². The van der Waals surface area contributed by atoms with Crippen molar-refractivity contribution in [1.29, 1.82) is 0 Å². The molecule has 0 spiro atoms. The molecule has 1 fully saturated rings. The molecule has 1 amide bonds. The normalized spacial score (nSPS) is 17.0. The second-order valence-corrected chi connectivity index (χ2v) is 7.79. The fourth-order valence-electron chi connectivity index (χ4n) is 3.17. The highest BCUT2D eigenvalue weighted by Crippen LogP contribution is 2.14. The number of nitrogens with zero attached hydrogens (tertiary/aromatic N) is 3. The Bertz CT molecular complexity index is 539. The molecule has 0 saturated carbocycles. The number of carbonyl (C=O) groups excluding carboxylic acids is 1. The molecule has 7 nitrogen and oxygen atoms in total. The summed E-state index contributed by atoms with van der Waals surface area (Å²) in [6.45, 7) is 12.7. The average molecular weight is 367 g/mol. The van der Waals surface area contributed by atoms with E-state index in [1.807, 2.05) is 13.8 Å². The van der Waals surface area contributed by atoms with Crippen LogP contribution in [-0.2, 0) is 16.0 Å². The first-order chi connectivity index (χ1) is 12.5. The third-order valence-corrected chi connectivity index (χ3v) is 4.64. The van der Waals surface area contributed by atoms with Gasteiger partial charge in [0.15, 0.2) is 5.82 Å². The van der Waals surface area contributed by atoms with Crippen LogP contribution in [0.1, 0.15) is 64.6 Å². The van der Waals surface area contributed by atoms with Crippen molar-refractivity contribution in [2.24, 2.45) is 5.92 Å². The number of hydrogen-bond acceptors (Lipinski definition) is 6. The SMILES string of the molecule is CC(C)CC(CNC(=O)CCCc1nc(C(C)C)no1)N1CCOCC1. The molecule has 1 aromatic heterocycles. The molecule has 148 valence electrons. The van der Waals surface area contributed by atoms with Crippen LogP contribution in [0.5, 0.6) is 0 Å². The molecule has 1 aliphatic rings. The van der Waals surface area contributed by atoms with Crippen LogP contribution < -0.4 is 5.32 Å². The summed E-state index contributed by atoms with van der Waals surface area (Å²) in [6, 6.07) is 0.382. The Labute approximate surface area is 156 Å². The maximum absolute atomic E-state index is 12.2. The number of aryl methyl sites for hydroxylation is 1. The summed E-state index contributed by atoms with van der Waals surface area (Å²) in [5, 5.41) is 7.06. The van der Waals surface area contributed by atoms with E-state index in [0.717, 1.165) is 45.0 Å². The topological polar surface area (TPSA) is 80.5 Å². The standard InChI is InChI=1S/C19H34N4O3/c1-14(2)12-16(23-8-10-25-11-9-23)13-20-17(24)6-5-7-18-21-19(15(3)4)22-26-18/h14-16H,5-13H2,1-4H3,(H,20,24). The third-order valence-electron chi connectivity index (χ3n) is 4.64. The minimum Gasteiger partial charge on any atom is -0.379 e. The van der Waals surface area contributed by atoms with Gasteiger partial charge in [0.1, 0.15) is 0 Å². The molecule has 1 saturated heterocycles. The summed E-state index contributed by atoms with van der Waals surface area (Å²) in [6.07, 6.45) is 2.93. The Morgan fingerprint density at radius 3 is 2.58 bits per heavy atom. The first-order valence-electron chi connectivity index (χ1n) is 9.86. The van der Waals surface area contributed by atoms with E-state index in [4.69, 9.17) is 9.26 Å². The van der Waals surface area contributed by atoms with Gasteiger partial charge < -0.3 is 14.6 Å². The predicted octanol–water partition coefficient (Wildman–Crippen LogP) is 2.38. The van der Waals surface area contributed by atoms with E-state index in [2.05, 4.69) is 34.2 Å². The Kier molecular flexibility index (Phi) is 8.51. The summed E-state index contributed by atoms with van der Waals surface area (Å²) >= 11 is 0. The molecule has 0 radical (unpaired) electrons. The van der Waals surface area contributed by atoms with Crippen LogP contribution in [0.2, 0.25) is 0 Å². The highest BCUT2D eigenvalue weighted by Gasteiger charge is 2.22. The summed E-state index contributed by atoms with van der Waals surface area (Å²) < 4.78 is 10.7. The van der Waals surface area contributed by atoms with Gasteiger partial charge in [-0.05, 0) is 18.8 Å². The van der Waals surface area contributed by atoms with E-state index in [9.17, 15) is 4.79 Å². The zero-order valence-corrected chi connectivity index (χ0v) is 16.7. The van der Waals surface area contributed by atoms with Gasteiger partial charge in [-0.2, -0.15) is 4.98 Å². The zero-order valence-electron chi connectivity index (χ0n) is 16.7. The molecule has 1 aliphatic heterocycles. The van der Waals surface area contributed by atoms with Crippen molar-refractivity contribution in [1.82, 2.24) is 20.4 Å². The highest BCUT2D eigenvalue weighted by molar-refractivity contribution is 5.75. The molecule has 0 aliphatic carbocycles. The summed E-state index contributed by atoms with van der Waals surface area (Å²) in [7, 11) is 0. The molecule has 1 atom stereocenters. The van der Waals surface area contributed by atoms with Gasteiger partial charge in [0.2, 0.25) is 11.8 Å². The number of carbonyl (C=O) groups is 1. The molecule has 0 bridgehead atoms. The average Bonchev–Trinajstić information content (AvgIpc) is 3.08. The van der Waals surface area contributed by atoms with Gasteiger partial charge in [0, 0.05) is 44.4 Å². The largest absolute Gasteiger partial charge is 0.379 e. The number of amides is 1. The lowest BCUT2D eigenvalue weighted by Gasteiger charge is -2.35. The molecule has 1 unspecified atom stereocenters. The third kappa shape index (κ3) is 7.03. The molecule has 0 aromatic carbocycles. The minimum atomic E-state index is 0.0932. The highest BCUT2D eigenvalue weighted by atomic mass is 16.5. The summed E-state index contributed by atoms with van der Waals surface area (Å²) in [4.78, 5) is 19.0. The van der Waals surface area contributed by atoms with Crippen LogP contribution in [0.15, 0.2) is 4.52 Å². The molecule has 2 heterocycles. The fourth-order valence-corrected chi connectivity index (χ4v) is 3.17. The van der Waals surface area contributed by atoms with E-state index in [1.165, 1.54) is 0 Å². The zero-order chi connectivity index (χ0) is 18.9. The number of rotatable bonds is 10. The smallest absolute Gasteiger partial charge is 0.226 e. The van der Waals surface area contributed by atoms with Crippen LogP contribution in [0, 0.1) is 5.92 Å². The van der Waals surface area contributed by atoms with Gasteiger partial charge >= 0.3 is 0 Å². The monoisotopic (exact) mass is 366 g/mol. The van der Waals surface area contributed by atoms with Crippen molar-refractivity contribution >= 4 is 5.91 Å². The molecule has 1 aromatic rings. The Morgan fingerprint density at radius 2 is 1.96 bits per heavy atom. The molecule has 1 N–H and O–H groups in total. The van der Waals surface area contributed by atoms with Gasteiger partial charge in [0.25, 0.3) is 0 Å². The van der Waals surface area contributed by atoms with Crippen LogP contribution in [0.3, 0.4) is 0 Å². The van der Waals surface area contributed by atoms with Crippen LogP contribution >= 0.6 is 0 Å². The Morgan fingerprint density at radius 1 is 1.23 bits per heavy atom. The van der Waals surface area contributed by atoms with Crippen molar-refractivity contribution in [3.63, 3.8) is 0 Å². The van der Waals surface area contributed by atoms with E-state index in [-0.39, 0.29) is 11.8 Å². The van der Waals surface area contributed by atoms with E-state index in [1.54, 1.807) is 0 Å². The van der Waals surface area contributed by atoms with Crippen molar-refractivity contribution in [3.8, 4) is 0 Å². The molecule has 2 rings (SSSR count). The Hall–Kier alpha value is -1.47. The van der Waals surface area contributed by atoms with Crippen LogP contribution in [-0.4, -0.2) is 59.8 Å². The van der Waals surface area contributed by atoms with E-state index >= 15 is 0 Å². The maximum atomic E-state index is 12.2. The quantitative estimate of drug-likeness (QED) is 0.685. The number of hydrogen-bond donors (Lipinski definition) is 1. The maximum Gasteiger partial charge on any atom is 0.226 e. The van der Waals surface area contributed by atoms with Crippen molar-refractivity contribution in [2.75, 3.05) is 32.8 Å². The molecular weight excluding hydrogens is 332 g/mol. The number of ether oxygens (including phenoxy) is 1. The van der Waals surface area contributed by atoms with E-state index in [0.29, 0.717) is 37.2 Å². The predicted molar refractivity (Wildman–Crippen MR) is 100.0 cm³/mol. The van der Waals surface area contributed by atoms with Gasteiger partial charge in [-0.1, -0.05) is 32.9 Å². The lowest BCUT2D eigenvalue weighted by molar-refractivity contribution is -0.121. The first kappa shape index (κ1) is 20.8. The lowest BCUT2D eigenvalue weighted by atomic mass is 10.0. The number of morpholine rings is 1. The van der Waals surface area contributed by atoms with Crippen LogP contribution in [0.25, 0.3) is 0 Å². The molecule has 26 heavy (non-hydrogen) atoms. The van der Waals surface area contributed by atoms with Crippen molar-refractivity contribution in [2.45, 2.75) is 65.3 Å². The number of aromatic nitrogens is 2. The minimum absolute atomic E-state index is 0.0932. The van der Waals surface area contributed by atoms with Crippen LogP contribution in [0.4, 0.5) is 0 Å². The van der Waals surface area contributed by atoms with Gasteiger partial charge in [0.05, 0.1) is 13.2 Å². The fraction of sp³-hybridized carbons (Fsp3) is 0.842. The summed E-state index contributed by atoms with van der Waals surface area (Å²) in [5.41, 5.74) is 0. The summed E-state index contributed by atoms with van der Waals surface area (Å²) in [5.74, 6) is 2.30. The second kappa shape index (κ2) is 10.6. The number of nitrogens with one attached hydrogen (secondary N) is 1. The van der Waals surface area contributed by atoms with Crippen molar-refractivity contribution in [3.05, 3.63) is 11.7 Å². The molecular formula is C19H34N4O3. The van der Waals surface area contributed by atoms with Gasteiger partial charge in [-0.25, -0.2) is 0 Å². The Balaban J connectivity index is 1.70. The van der Waals surface area contributed by atoms with Gasteiger partial charge in [-0.15, -0.1) is 0 Å². The first-order valence-corrected chi connectivity index (χ1v) is 9.86. The lowest BCUT2D eigenvalue weighted by Crippen LogP contribution is -2.49. The molecule has 7 heteroatoms.